The Bertz CT molecular complexity index is 876. The van der Waals surface area contributed by atoms with Crippen LogP contribution in [0.3, 0.4) is 0 Å². The summed E-state index contributed by atoms with van der Waals surface area (Å²) in [7, 11) is 2.58. The van der Waals surface area contributed by atoms with E-state index < -0.39 is 58.8 Å². The van der Waals surface area contributed by atoms with E-state index in [-0.39, 0.29) is 12.3 Å². The lowest BCUT2D eigenvalue weighted by Crippen LogP contribution is -2.71. The number of β-lactam (4-membered cyclic amide) rings is 1. The second-order valence-electron chi connectivity index (χ2n) is 6.51. The molecule has 1 saturated heterocycles. The van der Waals surface area contributed by atoms with Crippen LogP contribution in [0.2, 0.25) is 0 Å². The molecule has 2 heterocycles. The third kappa shape index (κ3) is 5.58. The van der Waals surface area contributed by atoms with Crippen LogP contribution < -0.4 is 5.32 Å². The van der Waals surface area contributed by atoms with Crippen molar-refractivity contribution in [1.82, 2.24) is 10.2 Å². The molecule has 2 rings (SSSR count). The van der Waals surface area contributed by atoms with Crippen molar-refractivity contribution in [2.45, 2.75) is 31.6 Å². The van der Waals surface area contributed by atoms with E-state index in [0.29, 0.717) is 11.3 Å². The fourth-order valence-electron chi connectivity index (χ4n) is 3.00. The van der Waals surface area contributed by atoms with E-state index in [1.807, 2.05) is 0 Å². The van der Waals surface area contributed by atoms with Crippen molar-refractivity contribution in [3.05, 3.63) is 11.3 Å². The summed E-state index contributed by atoms with van der Waals surface area (Å²) in [6, 6.07) is -1.03. The lowest BCUT2D eigenvalue weighted by atomic mass is 10.0. The van der Waals surface area contributed by atoms with E-state index in [2.05, 4.69) is 15.3 Å². The van der Waals surface area contributed by atoms with Gasteiger partial charge < -0.3 is 24.4 Å². The molecule has 2 amide bonds. The Balaban J connectivity index is 2.21. The average molecular weight is 492 g/mol. The zero-order valence-corrected chi connectivity index (χ0v) is 19.3. The van der Waals surface area contributed by atoms with Crippen molar-refractivity contribution in [1.29, 1.82) is 0 Å². The van der Waals surface area contributed by atoms with Crippen LogP contribution >= 0.6 is 23.4 Å². The van der Waals surface area contributed by atoms with Gasteiger partial charge >= 0.3 is 11.9 Å². The number of esters is 2. The molecule has 2 unspecified atom stereocenters. The number of thioether (sulfide) groups is 1. The quantitative estimate of drug-likeness (QED) is 0.0809. The van der Waals surface area contributed by atoms with Crippen LogP contribution in [0.5, 0.6) is 0 Å². The number of hydrogen-bond acceptors (Lipinski definition) is 11. The number of amides is 2. The number of fused-ring (bicyclic) bond motifs is 1. The standard InChI is InChI=1S/C18H22ClN3O9S/c1-8(23)30-9(2)31-18(27)14-10(6-28-3)7-32-17-13(16(26)22(14)17)20-15(25)12(21-29-4)11(24)5-19/h9,13,17H,5-7H2,1-4H3,(H,20,25)/t9?,13?,17-/m0/s1. The molecule has 0 saturated carbocycles. The maximum Gasteiger partial charge on any atom is 0.358 e. The van der Waals surface area contributed by atoms with Crippen molar-refractivity contribution in [3.63, 3.8) is 0 Å². The number of nitrogens with zero attached hydrogens (tertiary/aromatic N) is 2. The monoisotopic (exact) mass is 491 g/mol. The molecule has 0 spiro atoms. The lowest BCUT2D eigenvalue weighted by molar-refractivity contribution is -0.182. The van der Waals surface area contributed by atoms with Gasteiger partial charge in [0.15, 0.2) is 0 Å². The number of methoxy groups -OCH3 is 1. The van der Waals surface area contributed by atoms with Crippen LogP contribution in [-0.4, -0.2) is 90.3 Å². The molecule has 12 nitrogen and oxygen atoms in total. The van der Waals surface area contributed by atoms with Gasteiger partial charge in [0.05, 0.1) is 12.5 Å². The van der Waals surface area contributed by atoms with Gasteiger partial charge in [-0.05, 0) is 5.57 Å². The Morgan fingerprint density at radius 2 is 1.97 bits per heavy atom. The number of carbonyl (C=O) groups excluding carboxylic acids is 5. The number of ketones is 1. The number of Topliss-reactive ketones (excluding diaryl/α,β-unsaturated/α-hetero) is 1. The van der Waals surface area contributed by atoms with E-state index in [4.69, 9.17) is 25.8 Å². The van der Waals surface area contributed by atoms with E-state index in [9.17, 15) is 24.0 Å². The van der Waals surface area contributed by atoms with Gasteiger partial charge in [0.1, 0.15) is 24.2 Å². The SMILES string of the molecule is COCC1=C(C(=O)OC(C)OC(C)=O)N2C(=O)C(NC(=O)C(=NOC)C(=O)CCl)[C@@H]2SC1. The van der Waals surface area contributed by atoms with Crippen molar-refractivity contribution in [3.8, 4) is 0 Å². The predicted octanol–water partition coefficient (Wildman–Crippen LogP) is -0.451. The Morgan fingerprint density at radius 3 is 2.53 bits per heavy atom. The van der Waals surface area contributed by atoms with Crippen LogP contribution in [-0.2, 0) is 43.0 Å². The molecule has 0 aromatic rings. The first-order valence-corrected chi connectivity index (χ1v) is 10.8. The van der Waals surface area contributed by atoms with E-state index in [1.165, 1.54) is 30.7 Å². The van der Waals surface area contributed by atoms with Gasteiger partial charge in [-0.1, -0.05) is 5.16 Å². The molecule has 32 heavy (non-hydrogen) atoms. The van der Waals surface area contributed by atoms with Crippen LogP contribution in [0.25, 0.3) is 0 Å². The molecule has 0 aliphatic carbocycles. The van der Waals surface area contributed by atoms with Crippen LogP contribution in [0.15, 0.2) is 16.4 Å². The summed E-state index contributed by atoms with van der Waals surface area (Å²) in [6.45, 7) is 2.58. The number of halogens is 1. The van der Waals surface area contributed by atoms with Gasteiger partial charge in [-0.3, -0.25) is 24.1 Å². The number of ether oxygens (including phenoxy) is 3. The zero-order chi connectivity index (χ0) is 24.0. The lowest BCUT2D eigenvalue weighted by Gasteiger charge is -2.49. The molecule has 14 heteroatoms. The van der Waals surface area contributed by atoms with Crippen LogP contribution in [0, 0.1) is 0 Å². The first-order valence-electron chi connectivity index (χ1n) is 9.21. The highest BCUT2D eigenvalue weighted by Gasteiger charge is 2.55. The summed E-state index contributed by atoms with van der Waals surface area (Å²) in [5.74, 6) is -4.04. The number of rotatable bonds is 10. The van der Waals surface area contributed by atoms with Gasteiger partial charge in [0.25, 0.3) is 11.8 Å². The van der Waals surface area contributed by atoms with Crippen molar-refractivity contribution in [2.75, 3.05) is 32.5 Å². The molecule has 1 fully saturated rings. The van der Waals surface area contributed by atoms with Gasteiger partial charge in [0, 0.05) is 26.7 Å². The fourth-order valence-corrected chi connectivity index (χ4v) is 4.46. The molecule has 0 aromatic carbocycles. The number of nitrogens with one attached hydrogen (secondary N) is 1. The predicted molar refractivity (Wildman–Crippen MR) is 111 cm³/mol. The minimum atomic E-state index is -1.18. The minimum Gasteiger partial charge on any atom is -0.426 e. The summed E-state index contributed by atoms with van der Waals surface area (Å²) in [6.07, 6.45) is -1.18. The highest BCUT2D eigenvalue weighted by molar-refractivity contribution is 8.00. The van der Waals surface area contributed by atoms with Crippen molar-refractivity contribution >= 4 is 58.6 Å². The molecule has 0 aromatic heterocycles. The Labute approximate surface area is 192 Å². The third-order valence-corrected chi connectivity index (χ3v) is 5.82. The second-order valence-corrected chi connectivity index (χ2v) is 7.88. The largest absolute Gasteiger partial charge is 0.426 e. The van der Waals surface area contributed by atoms with E-state index in [0.717, 1.165) is 14.0 Å². The maximum atomic E-state index is 12.8. The third-order valence-electron chi connectivity index (χ3n) is 4.23. The molecule has 2 aliphatic heterocycles. The fraction of sp³-hybridized carbons (Fsp3) is 0.556. The summed E-state index contributed by atoms with van der Waals surface area (Å²) in [4.78, 5) is 66.6. The molecule has 2 aliphatic rings. The van der Waals surface area contributed by atoms with Crippen molar-refractivity contribution in [2.24, 2.45) is 5.16 Å². The molecule has 0 radical (unpaired) electrons. The average Bonchev–Trinajstić information content (AvgIpc) is 2.74. The molecular weight excluding hydrogens is 470 g/mol. The minimum absolute atomic E-state index is 0.0484. The number of alkyl halides is 1. The number of carbonyl (C=O) groups is 5. The molecule has 0 bridgehead atoms. The second kappa shape index (κ2) is 11.3. The number of hydrogen-bond donors (Lipinski definition) is 1. The summed E-state index contributed by atoms with van der Waals surface area (Å²) in [5.41, 5.74) is -0.140. The molecule has 176 valence electrons. The van der Waals surface area contributed by atoms with Crippen molar-refractivity contribution < 1.29 is 43.0 Å². The van der Waals surface area contributed by atoms with E-state index >= 15 is 0 Å². The molecule has 1 N–H and O–H groups in total. The Morgan fingerprint density at radius 1 is 1.28 bits per heavy atom. The van der Waals surface area contributed by atoms with Crippen LogP contribution in [0.4, 0.5) is 0 Å². The molecular formula is C18H22ClN3O9S. The highest BCUT2D eigenvalue weighted by atomic mass is 35.5. The maximum absolute atomic E-state index is 12.8. The van der Waals surface area contributed by atoms with Gasteiger partial charge in [0.2, 0.25) is 17.8 Å². The topological polar surface area (TPSA) is 150 Å². The summed E-state index contributed by atoms with van der Waals surface area (Å²) >= 11 is 6.76. The Kier molecular flexibility index (Phi) is 9.04. The smallest absolute Gasteiger partial charge is 0.358 e. The first-order chi connectivity index (χ1) is 15.2. The van der Waals surface area contributed by atoms with E-state index in [1.54, 1.807) is 0 Å². The summed E-state index contributed by atoms with van der Waals surface area (Å²) in [5, 5.41) is 5.15. The zero-order valence-electron chi connectivity index (χ0n) is 17.7. The van der Waals surface area contributed by atoms with Gasteiger partial charge in [-0.15, -0.1) is 23.4 Å². The number of oxime groups is 1. The molecule has 3 atom stereocenters. The highest BCUT2D eigenvalue weighted by Crippen LogP contribution is 2.40. The van der Waals surface area contributed by atoms with Crippen LogP contribution in [0.1, 0.15) is 13.8 Å². The normalized spacial score (nSPS) is 21.2. The van der Waals surface area contributed by atoms with Gasteiger partial charge in [-0.2, -0.15) is 0 Å². The Hall–Kier alpha value is -2.64. The summed E-state index contributed by atoms with van der Waals surface area (Å²) < 4.78 is 15.0. The van der Waals surface area contributed by atoms with Gasteiger partial charge in [-0.25, -0.2) is 4.79 Å². The first kappa shape index (κ1) is 25.6.